The number of hydrogen-bond acceptors (Lipinski definition) is 6. The zero-order valence-electron chi connectivity index (χ0n) is 20.4. The number of methoxy groups -OCH3 is 1. The highest BCUT2D eigenvalue weighted by molar-refractivity contribution is 7.11. The molecule has 1 aromatic heterocycles. The number of ether oxygens (including phenoxy) is 2. The van der Waals surface area contributed by atoms with Crippen molar-refractivity contribution in [3.63, 3.8) is 0 Å². The van der Waals surface area contributed by atoms with Crippen molar-refractivity contribution >= 4 is 40.2 Å². The molecule has 2 N–H and O–H groups in total. The maximum Gasteiger partial charge on any atom is 0.186 e. The first-order valence-corrected chi connectivity index (χ1v) is 12.3. The third-order valence-corrected chi connectivity index (χ3v) is 7.08. The molecule has 0 bridgehead atoms. The van der Waals surface area contributed by atoms with Gasteiger partial charge in [-0.2, -0.15) is 0 Å². The number of aromatic hydroxyl groups is 1. The molecule has 0 atom stereocenters. The standard InChI is InChI=1S/C29H27NO4S/c1-6-7-20(31)17-12-13-35-24(17)14-23-26-18(27-22(34-23)11-10-21(32)28(27)33-5)8-9-19-25(26)16(2)15-29(3,4)30-19/h6-15,30,32H,1-5H3. The Kier molecular flexibility index (Phi) is 5.56. The average molecular weight is 486 g/mol. The minimum Gasteiger partial charge on any atom is -0.504 e. The summed E-state index contributed by atoms with van der Waals surface area (Å²) < 4.78 is 12.1. The molecule has 0 radical (unpaired) electrons. The molecule has 0 unspecified atom stereocenters. The molecule has 2 aromatic carbocycles. The molecule has 0 saturated heterocycles. The fraction of sp³-hybridized carbons (Fsp3) is 0.207. The van der Waals surface area contributed by atoms with Gasteiger partial charge < -0.3 is 19.9 Å². The minimum absolute atomic E-state index is 0.0433. The molecular formula is C29H27NO4S. The van der Waals surface area contributed by atoms with E-state index in [1.807, 2.05) is 30.5 Å². The molecule has 2 aliphatic rings. The number of thiophene rings is 1. The third-order valence-electron chi connectivity index (χ3n) is 6.21. The monoisotopic (exact) mass is 485 g/mol. The number of benzene rings is 2. The molecule has 2 aliphatic heterocycles. The summed E-state index contributed by atoms with van der Waals surface area (Å²) in [5.41, 5.74) is 6.09. The Morgan fingerprint density at radius 1 is 1.14 bits per heavy atom. The molecule has 5 nitrogen and oxygen atoms in total. The second kappa shape index (κ2) is 8.47. The topological polar surface area (TPSA) is 67.8 Å². The molecule has 0 spiro atoms. The lowest BCUT2D eigenvalue weighted by Gasteiger charge is -2.35. The molecule has 35 heavy (non-hydrogen) atoms. The van der Waals surface area contributed by atoms with Crippen LogP contribution in [-0.4, -0.2) is 23.5 Å². The summed E-state index contributed by atoms with van der Waals surface area (Å²) in [5.74, 6) is 1.60. The van der Waals surface area contributed by atoms with Crippen molar-refractivity contribution in [3.8, 4) is 28.4 Å². The smallest absolute Gasteiger partial charge is 0.186 e. The number of ketones is 1. The predicted octanol–water partition coefficient (Wildman–Crippen LogP) is 7.39. The van der Waals surface area contributed by atoms with E-state index in [2.05, 4.69) is 38.2 Å². The molecule has 0 fully saturated rings. The van der Waals surface area contributed by atoms with Gasteiger partial charge in [0.1, 0.15) is 11.5 Å². The van der Waals surface area contributed by atoms with Crippen LogP contribution in [0.5, 0.6) is 17.2 Å². The lowest BCUT2D eigenvalue weighted by molar-refractivity contribution is 0.104. The third kappa shape index (κ3) is 3.84. The fourth-order valence-corrected chi connectivity index (χ4v) is 5.77. The van der Waals surface area contributed by atoms with Crippen molar-refractivity contribution in [1.82, 2.24) is 0 Å². The summed E-state index contributed by atoms with van der Waals surface area (Å²) in [6, 6.07) is 9.25. The number of nitrogens with one attached hydrogen (secondary N) is 1. The first-order valence-electron chi connectivity index (χ1n) is 11.4. The van der Waals surface area contributed by atoms with Crippen LogP contribution >= 0.6 is 11.3 Å². The van der Waals surface area contributed by atoms with Crippen LogP contribution in [0.15, 0.2) is 53.9 Å². The fourth-order valence-electron chi connectivity index (χ4n) is 4.95. The zero-order valence-corrected chi connectivity index (χ0v) is 21.2. The van der Waals surface area contributed by atoms with E-state index >= 15 is 0 Å². The Morgan fingerprint density at radius 2 is 1.94 bits per heavy atom. The second-order valence-electron chi connectivity index (χ2n) is 9.25. The van der Waals surface area contributed by atoms with Crippen LogP contribution in [-0.2, 0) is 0 Å². The molecule has 0 saturated carbocycles. The van der Waals surface area contributed by atoms with Gasteiger partial charge in [-0.05, 0) is 75.1 Å². The number of carbonyl (C=O) groups is 1. The Labute approximate surface area is 209 Å². The number of phenols is 1. The summed E-state index contributed by atoms with van der Waals surface area (Å²) in [6.07, 6.45) is 7.46. The van der Waals surface area contributed by atoms with Crippen LogP contribution in [0.2, 0.25) is 0 Å². The Morgan fingerprint density at radius 3 is 2.69 bits per heavy atom. The van der Waals surface area contributed by atoms with E-state index in [-0.39, 0.29) is 17.1 Å². The van der Waals surface area contributed by atoms with Crippen LogP contribution in [0.1, 0.15) is 54.1 Å². The van der Waals surface area contributed by atoms with Gasteiger partial charge in [0.05, 0.1) is 18.2 Å². The van der Waals surface area contributed by atoms with Crippen molar-refractivity contribution in [2.45, 2.75) is 33.2 Å². The molecule has 0 amide bonds. The minimum atomic E-state index is -0.196. The quantitative estimate of drug-likeness (QED) is 0.298. The van der Waals surface area contributed by atoms with Gasteiger partial charge >= 0.3 is 0 Å². The Hall–Kier alpha value is -3.77. The molecule has 6 heteroatoms. The van der Waals surface area contributed by atoms with Gasteiger partial charge in [0.15, 0.2) is 17.3 Å². The van der Waals surface area contributed by atoms with Crippen LogP contribution in [0.25, 0.3) is 28.5 Å². The van der Waals surface area contributed by atoms with Crippen molar-refractivity contribution in [2.24, 2.45) is 0 Å². The molecule has 178 valence electrons. The molecular weight excluding hydrogens is 458 g/mol. The summed E-state index contributed by atoms with van der Waals surface area (Å²) in [7, 11) is 1.54. The van der Waals surface area contributed by atoms with Crippen molar-refractivity contribution in [3.05, 3.63) is 75.5 Å². The summed E-state index contributed by atoms with van der Waals surface area (Å²) >= 11 is 1.50. The van der Waals surface area contributed by atoms with Crippen LogP contribution in [0.4, 0.5) is 5.69 Å². The number of fused-ring (bicyclic) bond motifs is 5. The zero-order chi connectivity index (χ0) is 24.9. The predicted molar refractivity (Wildman–Crippen MR) is 143 cm³/mol. The number of phenolic OH excluding ortho intramolecular Hbond substituents is 1. The van der Waals surface area contributed by atoms with Gasteiger partial charge in [-0.3, -0.25) is 4.79 Å². The van der Waals surface area contributed by atoms with E-state index in [0.717, 1.165) is 32.8 Å². The highest BCUT2D eigenvalue weighted by Crippen LogP contribution is 2.54. The highest BCUT2D eigenvalue weighted by atomic mass is 32.1. The first-order chi connectivity index (χ1) is 16.7. The van der Waals surface area contributed by atoms with E-state index in [4.69, 9.17) is 9.47 Å². The van der Waals surface area contributed by atoms with Crippen molar-refractivity contribution < 1.29 is 19.4 Å². The van der Waals surface area contributed by atoms with Gasteiger partial charge in [-0.15, -0.1) is 11.3 Å². The van der Waals surface area contributed by atoms with Crippen molar-refractivity contribution in [1.29, 1.82) is 0 Å². The number of anilines is 1. The van der Waals surface area contributed by atoms with Gasteiger partial charge in [0.2, 0.25) is 0 Å². The van der Waals surface area contributed by atoms with Gasteiger partial charge in [0.25, 0.3) is 0 Å². The molecule has 3 heterocycles. The lowest BCUT2D eigenvalue weighted by Crippen LogP contribution is -2.32. The number of carbonyl (C=O) groups excluding carboxylic acids is 1. The summed E-state index contributed by atoms with van der Waals surface area (Å²) in [4.78, 5) is 13.5. The molecule has 0 aliphatic carbocycles. The van der Waals surface area contributed by atoms with E-state index in [1.165, 1.54) is 11.3 Å². The number of allylic oxidation sites excluding steroid dienone is 3. The van der Waals surface area contributed by atoms with Crippen molar-refractivity contribution in [2.75, 3.05) is 12.4 Å². The first kappa shape index (κ1) is 23.0. The van der Waals surface area contributed by atoms with E-state index in [9.17, 15) is 9.90 Å². The number of hydrogen-bond donors (Lipinski definition) is 2. The second-order valence-corrected chi connectivity index (χ2v) is 10.2. The average Bonchev–Trinajstić information content (AvgIpc) is 3.26. The van der Waals surface area contributed by atoms with E-state index in [0.29, 0.717) is 28.4 Å². The van der Waals surface area contributed by atoms with Crippen LogP contribution in [0.3, 0.4) is 0 Å². The summed E-state index contributed by atoms with van der Waals surface area (Å²) in [5, 5.41) is 16.0. The number of rotatable bonds is 4. The Balaban J connectivity index is 1.81. The largest absolute Gasteiger partial charge is 0.504 e. The van der Waals surface area contributed by atoms with Gasteiger partial charge in [-0.1, -0.05) is 18.2 Å². The summed E-state index contributed by atoms with van der Waals surface area (Å²) in [6.45, 7) is 8.19. The highest BCUT2D eigenvalue weighted by Gasteiger charge is 2.33. The lowest BCUT2D eigenvalue weighted by atomic mass is 9.83. The van der Waals surface area contributed by atoms with Crippen LogP contribution < -0.4 is 14.8 Å². The van der Waals surface area contributed by atoms with Crippen LogP contribution in [0, 0.1) is 0 Å². The molecule has 3 aromatic rings. The normalized spacial score (nSPS) is 16.6. The molecule has 5 rings (SSSR count). The van der Waals surface area contributed by atoms with Gasteiger partial charge in [0, 0.05) is 32.8 Å². The maximum absolute atomic E-state index is 12.7. The SMILES string of the molecule is CC=CC(=O)c1ccsc1C=C1Oc2ccc(O)c(OC)c2-c2ccc3c(c21)C(C)=CC(C)(C)N3. The van der Waals surface area contributed by atoms with E-state index in [1.54, 1.807) is 31.4 Å². The van der Waals surface area contributed by atoms with Gasteiger partial charge in [-0.25, -0.2) is 0 Å². The Bertz CT molecular complexity index is 1460. The van der Waals surface area contributed by atoms with E-state index < -0.39 is 0 Å². The maximum atomic E-state index is 12.7.